The Bertz CT molecular complexity index is 1170. The van der Waals surface area contributed by atoms with Crippen LogP contribution in [0.4, 0.5) is 11.5 Å². The highest BCUT2D eigenvalue weighted by atomic mass is 16.5. The van der Waals surface area contributed by atoms with Crippen molar-refractivity contribution in [2.24, 2.45) is 12.1 Å². The number of carbonyl (C=O) groups is 1. The lowest BCUT2D eigenvalue weighted by molar-refractivity contribution is -0.121. The second-order valence-corrected chi connectivity index (χ2v) is 6.79. The van der Waals surface area contributed by atoms with Gasteiger partial charge < -0.3 is 24.8 Å². The number of aromatic nitrogens is 2. The van der Waals surface area contributed by atoms with Crippen LogP contribution in [-0.4, -0.2) is 48.2 Å². The van der Waals surface area contributed by atoms with Crippen LogP contribution >= 0.6 is 0 Å². The zero-order chi connectivity index (χ0) is 21.6. The first kappa shape index (κ1) is 19.4. The molecule has 0 saturated carbocycles. The largest absolute Gasteiger partial charge is 0.493 e. The highest BCUT2D eigenvalue weighted by Gasteiger charge is 2.48. The molecular formula is C18H20N6O6. The molecule has 2 aliphatic heterocycles. The van der Waals surface area contributed by atoms with Gasteiger partial charge in [0.25, 0.3) is 11.5 Å². The van der Waals surface area contributed by atoms with Crippen molar-refractivity contribution in [2.45, 2.75) is 12.1 Å². The number of carbonyl (C=O) groups excluding carboxylic acids is 1. The molecule has 3 heterocycles. The maximum atomic E-state index is 12.9. The standard InChI is InChI=1S/C18H20N6O6/c1-24-14-12(15(25)20-17(24)27)21-18(16(26)19-14)7-9(22-23-18)8-5-10(28-2)13(30-4)11(6-8)29-3/h5-6,21,23H,7H2,1-4H3,(H,19,26)(H,20,25,27). The summed E-state index contributed by atoms with van der Waals surface area (Å²) in [4.78, 5) is 39.1. The molecule has 1 atom stereocenters. The van der Waals surface area contributed by atoms with Gasteiger partial charge in [0.15, 0.2) is 11.5 Å². The molecule has 12 heteroatoms. The van der Waals surface area contributed by atoms with E-state index >= 15 is 0 Å². The van der Waals surface area contributed by atoms with Crippen LogP contribution in [0.1, 0.15) is 12.0 Å². The van der Waals surface area contributed by atoms with E-state index in [1.54, 1.807) is 12.1 Å². The number of amides is 1. The average molecular weight is 416 g/mol. The van der Waals surface area contributed by atoms with Gasteiger partial charge in [0, 0.05) is 19.0 Å². The van der Waals surface area contributed by atoms with E-state index in [-0.39, 0.29) is 17.9 Å². The van der Waals surface area contributed by atoms with E-state index in [2.05, 4.69) is 26.1 Å². The van der Waals surface area contributed by atoms with Gasteiger partial charge >= 0.3 is 5.69 Å². The predicted octanol–water partition coefficient (Wildman–Crippen LogP) is -0.443. The van der Waals surface area contributed by atoms with Crippen LogP contribution in [-0.2, 0) is 11.8 Å². The predicted molar refractivity (Wildman–Crippen MR) is 108 cm³/mol. The van der Waals surface area contributed by atoms with Crippen molar-refractivity contribution in [3.05, 3.63) is 38.5 Å². The van der Waals surface area contributed by atoms with Crippen molar-refractivity contribution >= 4 is 23.1 Å². The molecule has 0 saturated heterocycles. The summed E-state index contributed by atoms with van der Waals surface area (Å²) >= 11 is 0. The van der Waals surface area contributed by atoms with Gasteiger partial charge in [-0.2, -0.15) is 5.10 Å². The number of H-pyrrole nitrogens is 1. The molecule has 12 nitrogen and oxygen atoms in total. The van der Waals surface area contributed by atoms with Gasteiger partial charge in [-0.25, -0.2) is 4.79 Å². The van der Waals surface area contributed by atoms with Gasteiger partial charge in [0.05, 0.1) is 27.0 Å². The van der Waals surface area contributed by atoms with Gasteiger partial charge in [-0.05, 0) is 12.1 Å². The summed E-state index contributed by atoms with van der Waals surface area (Å²) in [6.45, 7) is 0. The van der Waals surface area contributed by atoms with Crippen molar-refractivity contribution in [3.8, 4) is 17.2 Å². The molecule has 158 valence electrons. The Labute approximate surface area is 169 Å². The fraction of sp³-hybridized carbons (Fsp3) is 0.333. The normalized spacial score (nSPS) is 19.3. The van der Waals surface area contributed by atoms with Crippen molar-refractivity contribution in [1.82, 2.24) is 15.0 Å². The van der Waals surface area contributed by atoms with E-state index in [9.17, 15) is 14.4 Å². The summed E-state index contributed by atoms with van der Waals surface area (Å²) < 4.78 is 17.2. The monoisotopic (exact) mass is 416 g/mol. The zero-order valence-electron chi connectivity index (χ0n) is 16.7. The lowest BCUT2D eigenvalue weighted by atomic mass is 9.96. The van der Waals surface area contributed by atoms with Gasteiger partial charge in [0.1, 0.15) is 11.5 Å². The number of methoxy groups -OCH3 is 3. The summed E-state index contributed by atoms with van der Waals surface area (Å²) in [7, 11) is 5.95. The Morgan fingerprint density at radius 3 is 2.33 bits per heavy atom. The molecule has 0 fully saturated rings. The van der Waals surface area contributed by atoms with Crippen LogP contribution in [0.25, 0.3) is 0 Å². The maximum absolute atomic E-state index is 12.9. The number of ether oxygens (including phenoxy) is 3. The molecule has 1 spiro atoms. The highest BCUT2D eigenvalue weighted by molar-refractivity contribution is 6.12. The summed E-state index contributed by atoms with van der Waals surface area (Å²) in [5.74, 6) is 0.908. The number of rotatable bonds is 4. The Morgan fingerprint density at radius 2 is 1.73 bits per heavy atom. The van der Waals surface area contributed by atoms with Crippen molar-refractivity contribution in [3.63, 3.8) is 0 Å². The number of aromatic amines is 1. The maximum Gasteiger partial charge on any atom is 0.329 e. The number of nitrogens with zero attached hydrogens (tertiary/aromatic N) is 2. The van der Waals surface area contributed by atoms with Gasteiger partial charge in [-0.3, -0.25) is 24.6 Å². The number of hydrogen-bond acceptors (Lipinski definition) is 9. The Kier molecular flexibility index (Phi) is 4.41. The smallest absolute Gasteiger partial charge is 0.329 e. The minimum Gasteiger partial charge on any atom is -0.493 e. The first-order valence-electron chi connectivity index (χ1n) is 8.90. The first-order valence-corrected chi connectivity index (χ1v) is 8.90. The molecule has 2 aliphatic rings. The third kappa shape index (κ3) is 2.76. The third-order valence-corrected chi connectivity index (χ3v) is 5.09. The summed E-state index contributed by atoms with van der Waals surface area (Å²) in [6.07, 6.45) is 0.110. The molecule has 0 bridgehead atoms. The fourth-order valence-electron chi connectivity index (χ4n) is 3.48. The summed E-state index contributed by atoms with van der Waals surface area (Å²) in [5, 5.41) is 9.82. The molecule has 1 aromatic carbocycles. The van der Waals surface area contributed by atoms with Crippen LogP contribution in [0, 0.1) is 0 Å². The molecule has 1 amide bonds. The van der Waals surface area contributed by atoms with Gasteiger partial charge in [-0.15, -0.1) is 0 Å². The fourth-order valence-corrected chi connectivity index (χ4v) is 3.48. The van der Waals surface area contributed by atoms with Crippen LogP contribution in [0.3, 0.4) is 0 Å². The third-order valence-electron chi connectivity index (χ3n) is 5.09. The number of anilines is 2. The van der Waals surface area contributed by atoms with Crippen LogP contribution in [0.2, 0.25) is 0 Å². The molecule has 4 rings (SSSR count). The molecule has 1 unspecified atom stereocenters. The van der Waals surface area contributed by atoms with Gasteiger partial charge in [-0.1, -0.05) is 0 Å². The minimum atomic E-state index is -1.40. The molecule has 0 radical (unpaired) electrons. The Balaban J connectivity index is 1.71. The Morgan fingerprint density at radius 1 is 1.07 bits per heavy atom. The number of nitrogens with one attached hydrogen (secondary N) is 4. The molecule has 1 aromatic heterocycles. The quantitative estimate of drug-likeness (QED) is 0.524. The molecule has 0 aliphatic carbocycles. The lowest BCUT2D eigenvalue weighted by Gasteiger charge is -2.34. The topological polar surface area (TPSA) is 148 Å². The lowest BCUT2D eigenvalue weighted by Crippen LogP contribution is -2.61. The minimum absolute atomic E-state index is 0.0607. The molecule has 2 aromatic rings. The van der Waals surface area contributed by atoms with Crippen molar-refractivity contribution in [1.29, 1.82) is 0 Å². The van der Waals surface area contributed by atoms with E-state index in [1.807, 2.05) is 0 Å². The number of fused-ring (bicyclic) bond motifs is 1. The number of hydrazone groups is 1. The second-order valence-electron chi connectivity index (χ2n) is 6.79. The molecule has 30 heavy (non-hydrogen) atoms. The van der Waals surface area contributed by atoms with Crippen LogP contribution in [0.5, 0.6) is 17.2 Å². The van der Waals surface area contributed by atoms with Crippen LogP contribution < -0.4 is 41.5 Å². The zero-order valence-corrected chi connectivity index (χ0v) is 16.7. The van der Waals surface area contributed by atoms with E-state index in [1.165, 1.54) is 28.4 Å². The van der Waals surface area contributed by atoms with Gasteiger partial charge in [0.2, 0.25) is 11.4 Å². The summed E-state index contributed by atoms with van der Waals surface area (Å²) in [5.41, 5.74) is 1.35. The number of benzene rings is 1. The SMILES string of the molecule is COc1cc(C2=NNC3(C2)Nc2c(n(C)c(=O)[nH]c2=O)NC3=O)cc(OC)c1OC. The van der Waals surface area contributed by atoms with E-state index in [0.29, 0.717) is 28.5 Å². The van der Waals surface area contributed by atoms with Crippen LogP contribution in [0.15, 0.2) is 26.8 Å². The number of hydrogen-bond donors (Lipinski definition) is 4. The second kappa shape index (κ2) is 6.83. The molecular weight excluding hydrogens is 396 g/mol. The highest BCUT2D eigenvalue weighted by Crippen LogP contribution is 2.40. The van der Waals surface area contributed by atoms with E-state index < -0.39 is 22.8 Å². The van der Waals surface area contributed by atoms with E-state index in [4.69, 9.17) is 14.2 Å². The van der Waals surface area contributed by atoms with Crippen molar-refractivity contribution in [2.75, 3.05) is 32.0 Å². The molecule has 4 N–H and O–H groups in total. The Hall–Kier alpha value is -3.96. The van der Waals surface area contributed by atoms with E-state index in [0.717, 1.165) is 4.57 Å². The average Bonchev–Trinajstić information content (AvgIpc) is 3.17. The first-order chi connectivity index (χ1) is 14.3. The van der Waals surface area contributed by atoms with Crippen molar-refractivity contribution < 1.29 is 19.0 Å². The summed E-state index contributed by atoms with van der Waals surface area (Å²) in [6, 6.07) is 3.43.